The Hall–Kier alpha value is -1.23. The molecule has 0 aromatic heterocycles. The van der Waals surface area contributed by atoms with Crippen molar-refractivity contribution < 1.29 is 9.84 Å². The third kappa shape index (κ3) is 2.38. The van der Waals surface area contributed by atoms with Crippen molar-refractivity contribution >= 4 is 22.1 Å². The minimum atomic E-state index is 0.0456. The highest BCUT2D eigenvalue weighted by atomic mass is 79.9. The lowest BCUT2D eigenvalue weighted by Crippen LogP contribution is -1.95. The van der Waals surface area contributed by atoms with E-state index in [1.54, 1.807) is 12.1 Å². The first-order valence-corrected chi connectivity index (χ1v) is 4.87. The van der Waals surface area contributed by atoms with Gasteiger partial charge in [-0.15, -0.1) is 0 Å². The van der Waals surface area contributed by atoms with Crippen LogP contribution in [-0.4, -0.2) is 17.9 Å². The van der Waals surface area contributed by atoms with Crippen LogP contribution < -0.4 is 10.6 Å². The van der Waals surface area contributed by atoms with Gasteiger partial charge in [0.15, 0.2) is 11.5 Å². The first-order valence-electron chi connectivity index (χ1n) is 4.07. The fourth-order valence-corrected chi connectivity index (χ4v) is 1.49. The van der Waals surface area contributed by atoms with Gasteiger partial charge in [0, 0.05) is 10.0 Å². The molecule has 1 aromatic carbocycles. The van der Waals surface area contributed by atoms with Gasteiger partial charge in [0.1, 0.15) is 0 Å². The van der Waals surface area contributed by atoms with Crippen LogP contribution in [-0.2, 0) is 0 Å². The zero-order valence-electron chi connectivity index (χ0n) is 7.70. The second-order valence-corrected chi connectivity index (χ2v) is 3.47. The van der Waals surface area contributed by atoms with Crippen molar-refractivity contribution in [3.63, 3.8) is 0 Å². The molecule has 0 radical (unpaired) electrons. The Balaban J connectivity index is 3.17. The molecule has 0 unspecified atom stereocenters. The van der Waals surface area contributed by atoms with E-state index in [0.29, 0.717) is 17.9 Å². The quantitative estimate of drug-likeness (QED) is 0.494. The lowest BCUT2D eigenvalue weighted by atomic mass is 10.2. The molecule has 76 valence electrons. The van der Waals surface area contributed by atoms with E-state index < -0.39 is 0 Å². The third-order valence-electron chi connectivity index (χ3n) is 1.58. The van der Waals surface area contributed by atoms with E-state index in [9.17, 15) is 5.11 Å². The van der Waals surface area contributed by atoms with Crippen molar-refractivity contribution in [1.29, 1.82) is 0 Å². The minimum Gasteiger partial charge on any atom is -0.504 e. The summed E-state index contributed by atoms with van der Waals surface area (Å²) in [5, 5.41) is 13.0. The molecule has 0 saturated carbocycles. The van der Waals surface area contributed by atoms with Crippen molar-refractivity contribution in [1.82, 2.24) is 0 Å². The SMILES string of the molecule is CCOc1cc(Br)cc(C=NN)c1O. The molecule has 1 aromatic rings. The van der Waals surface area contributed by atoms with Crippen LogP contribution in [0.15, 0.2) is 21.7 Å². The van der Waals surface area contributed by atoms with Crippen molar-refractivity contribution in [3.05, 3.63) is 22.2 Å². The summed E-state index contributed by atoms with van der Waals surface area (Å²) in [4.78, 5) is 0. The van der Waals surface area contributed by atoms with E-state index in [1.165, 1.54) is 6.21 Å². The number of phenolic OH excluding ortho intramolecular Hbond substituents is 1. The lowest BCUT2D eigenvalue weighted by Gasteiger charge is -2.08. The standard InChI is InChI=1S/C9H11BrN2O2/c1-2-14-8-4-7(10)3-6(5-12-11)9(8)13/h3-5,13H,2,11H2,1H3. The molecule has 1 rings (SSSR count). The van der Waals surface area contributed by atoms with E-state index in [4.69, 9.17) is 10.6 Å². The summed E-state index contributed by atoms with van der Waals surface area (Å²) in [6.07, 6.45) is 1.36. The van der Waals surface area contributed by atoms with Gasteiger partial charge in [-0.2, -0.15) is 5.10 Å². The van der Waals surface area contributed by atoms with Crippen LogP contribution in [0.5, 0.6) is 11.5 Å². The summed E-state index contributed by atoms with van der Waals surface area (Å²) < 4.78 is 6.02. The second kappa shape index (κ2) is 4.85. The maximum Gasteiger partial charge on any atom is 0.166 e. The largest absolute Gasteiger partial charge is 0.504 e. The molecule has 0 bridgehead atoms. The number of rotatable bonds is 3. The number of hydrogen-bond acceptors (Lipinski definition) is 4. The molecule has 0 spiro atoms. The van der Waals surface area contributed by atoms with Crippen LogP contribution in [0.3, 0.4) is 0 Å². The summed E-state index contributed by atoms with van der Waals surface area (Å²) in [5.74, 6) is 5.47. The Morgan fingerprint density at radius 3 is 2.93 bits per heavy atom. The number of aromatic hydroxyl groups is 1. The molecule has 3 N–H and O–H groups in total. The molecular formula is C9H11BrN2O2. The van der Waals surface area contributed by atoms with E-state index in [2.05, 4.69) is 21.0 Å². The van der Waals surface area contributed by atoms with Gasteiger partial charge in [0.2, 0.25) is 0 Å². The smallest absolute Gasteiger partial charge is 0.166 e. The van der Waals surface area contributed by atoms with Gasteiger partial charge in [-0.3, -0.25) is 0 Å². The van der Waals surface area contributed by atoms with Gasteiger partial charge in [-0.05, 0) is 19.1 Å². The van der Waals surface area contributed by atoms with Crippen LogP contribution in [0.2, 0.25) is 0 Å². The molecular weight excluding hydrogens is 248 g/mol. The first-order chi connectivity index (χ1) is 6.69. The number of phenols is 1. The van der Waals surface area contributed by atoms with E-state index >= 15 is 0 Å². The summed E-state index contributed by atoms with van der Waals surface area (Å²) in [7, 11) is 0. The topological polar surface area (TPSA) is 67.8 Å². The Morgan fingerprint density at radius 1 is 1.64 bits per heavy atom. The predicted molar refractivity (Wildman–Crippen MR) is 58.8 cm³/mol. The van der Waals surface area contributed by atoms with Crippen LogP contribution in [0.25, 0.3) is 0 Å². The number of halogens is 1. The number of nitrogens with two attached hydrogens (primary N) is 1. The molecule has 0 amide bonds. The van der Waals surface area contributed by atoms with Crippen LogP contribution >= 0.6 is 15.9 Å². The molecule has 0 fully saturated rings. The van der Waals surface area contributed by atoms with E-state index in [0.717, 1.165) is 4.47 Å². The van der Waals surface area contributed by atoms with Crippen molar-refractivity contribution in [2.75, 3.05) is 6.61 Å². The monoisotopic (exact) mass is 258 g/mol. The average Bonchev–Trinajstić information content (AvgIpc) is 2.14. The number of hydrazone groups is 1. The fourth-order valence-electron chi connectivity index (χ4n) is 1.04. The summed E-state index contributed by atoms with van der Waals surface area (Å²) >= 11 is 3.29. The second-order valence-electron chi connectivity index (χ2n) is 2.55. The number of benzene rings is 1. The molecule has 0 saturated heterocycles. The molecule has 5 heteroatoms. The Kier molecular flexibility index (Phi) is 3.76. The number of ether oxygens (including phenoxy) is 1. The molecule has 4 nitrogen and oxygen atoms in total. The van der Waals surface area contributed by atoms with Gasteiger partial charge < -0.3 is 15.7 Å². The predicted octanol–water partition coefficient (Wildman–Crippen LogP) is 1.85. The van der Waals surface area contributed by atoms with Crippen molar-refractivity contribution in [2.24, 2.45) is 10.9 Å². The molecule has 0 atom stereocenters. The van der Waals surface area contributed by atoms with Crippen molar-refractivity contribution in [3.8, 4) is 11.5 Å². The first kappa shape index (κ1) is 10.8. The van der Waals surface area contributed by atoms with E-state index in [-0.39, 0.29) is 5.75 Å². The summed E-state index contributed by atoms with van der Waals surface area (Å²) in [6, 6.07) is 3.39. The van der Waals surface area contributed by atoms with Crippen molar-refractivity contribution in [2.45, 2.75) is 6.92 Å². The lowest BCUT2D eigenvalue weighted by molar-refractivity contribution is 0.317. The van der Waals surface area contributed by atoms with Crippen LogP contribution in [0.4, 0.5) is 0 Å². The molecule has 0 aliphatic heterocycles. The fraction of sp³-hybridized carbons (Fsp3) is 0.222. The Morgan fingerprint density at radius 2 is 2.36 bits per heavy atom. The van der Waals surface area contributed by atoms with Crippen LogP contribution in [0, 0.1) is 0 Å². The molecule has 14 heavy (non-hydrogen) atoms. The summed E-state index contributed by atoms with van der Waals surface area (Å²) in [5.41, 5.74) is 0.519. The van der Waals surface area contributed by atoms with Gasteiger partial charge in [0.05, 0.1) is 12.8 Å². The highest BCUT2D eigenvalue weighted by Crippen LogP contribution is 2.32. The Bertz CT molecular complexity index is 353. The molecule has 0 aliphatic carbocycles. The van der Waals surface area contributed by atoms with Gasteiger partial charge >= 0.3 is 0 Å². The zero-order chi connectivity index (χ0) is 10.6. The maximum absolute atomic E-state index is 9.68. The highest BCUT2D eigenvalue weighted by Gasteiger charge is 2.08. The number of nitrogens with zero attached hydrogens (tertiary/aromatic N) is 1. The Labute approximate surface area is 90.5 Å². The van der Waals surface area contributed by atoms with Gasteiger partial charge in [-0.25, -0.2) is 0 Å². The highest BCUT2D eigenvalue weighted by molar-refractivity contribution is 9.10. The maximum atomic E-state index is 9.68. The average molecular weight is 259 g/mol. The molecule has 0 aliphatic rings. The third-order valence-corrected chi connectivity index (χ3v) is 2.04. The zero-order valence-corrected chi connectivity index (χ0v) is 9.28. The summed E-state index contributed by atoms with van der Waals surface area (Å²) in [6.45, 7) is 2.33. The van der Waals surface area contributed by atoms with E-state index in [1.807, 2.05) is 6.92 Å². The van der Waals surface area contributed by atoms with Gasteiger partial charge in [-0.1, -0.05) is 15.9 Å². The number of hydrogen-bond donors (Lipinski definition) is 2. The van der Waals surface area contributed by atoms with Crippen LogP contribution in [0.1, 0.15) is 12.5 Å². The normalized spacial score (nSPS) is 10.7. The van der Waals surface area contributed by atoms with Gasteiger partial charge in [0.25, 0.3) is 0 Å². The molecule has 0 heterocycles. The minimum absolute atomic E-state index is 0.0456.